The second-order valence-corrected chi connectivity index (χ2v) is 18.0. The van der Waals surface area contributed by atoms with Crippen LogP contribution in [0.3, 0.4) is 0 Å². The predicted molar refractivity (Wildman–Crippen MR) is 174 cm³/mol. The van der Waals surface area contributed by atoms with Gasteiger partial charge in [0.15, 0.2) is 0 Å². The lowest BCUT2D eigenvalue weighted by Crippen LogP contribution is -2.47. The lowest BCUT2D eigenvalue weighted by atomic mass is 9.85. The molecule has 1 atom stereocenters. The number of para-hydroxylation sites is 1. The van der Waals surface area contributed by atoms with Crippen molar-refractivity contribution < 1.29 is 28.6 Å². The standard InChI is InChI=1S/C34H41N3O7Si/c1-8-17-45(6,7)29-21-13-10-11-14-25(21)36-28-22(29)19-37-26(28)18-24-23(30(37)39)20-42-31(40)34(24,9-2)43-27(38)15-12-16-35-32(41)44-33(3,4)5/h8,10-11,13-14,18H,1,9,12,15-17,19-20H2,2-7H3,(H,35,41)/t34-/m0/s1. The molecule has 0 unspecified atom stereocenters. The van der Waals surface area contributed by atoms with Gasteiger partial charge in [-0.1, -0.05) is 44.3 Å². The van der Waals surface area contributed by atoms with Crippen LogP contribution in [0, 0.1) is 0 Å². The number of ether oxygens (including phenoxy) is 3. The van der Waals surface area contributed by atoms with E-state index in [4.69, 9.17) is 19.2 Å². The molecule has 5 rings (SSSR count). The molecule has 11 heteroatoms. The van der Waals surface area contributed by atoms with Gasteiger partial charge in [0.2, 0.25) is 5.60 Å². The lowest BCUT2D eigenvalue weighted by molar-refractivity contribution is -0.189. The highest BCUT2D eigenvalue weighted by atomic mass is 28.3. The highest BCUT2D eigenvalue weighted by Crippen LogP contribution is 2.41. The Bertz CT molecular complexity index is 1770. The number of cyclic esters (lactones) is 1. The molecular weight excluding hydrogens is 590 g/mol. The maximum atomic E-state index is 14.1. The van der Waals surface area contributed by atoms with Crippen molar-refractivity contribution in [2.24, 2.45) is 0 Å². The van der Waals surface area contributed by atoms with E-state index >= 15 is 0 Å². The molecule has 2 aliphatic rings. The van der Waals surface area contributed by atoms with E-state index in [0.29, 0.717) is 29.1 Å². The summed E-state index contributed by atoms with van der Waals surface area (Å²) in [7, 11) is -2.05. The maximum absolute atomic E-state index is 14.1. The third kappa shape index (κ3) is 5.93. The van der Waals surface area contributed by atoms with Crippen LogP contribution in [0.15, 0.2) is 47.8 Å². The van der Waals surface area contributed by atoms with Gasteiger partial charge in [0.25, 0.3) is 5.56 Å². The van der Waals surface area contributed by atoms with Crippen LogP contribution in [0.1, 0.15) is 63.6 Å². The quantitative estimate of drug-likeness (QED) is 0.0896. The number of hydrogen-bond acceptors (Lipinski definition) is 8. The van der Waals surface area contributed by atoms with E-state index in [0.717, 1.165) is 22.5 Å². The predicted octanol–water partition coefficient (Wildman–Crippen LogP) is 5.04. The fraction of sp³-hybridized carbons (Fsp3) is 0.441. The number of esters is 2. The van der Waals surface area contributed by atoms with Crippen molar-refractivity contribution in [3.63, 3.8) is 0 Å². The molecule has 3 aromatic rings. The highest BCUT2D eigenvalue weighted by Gasteiger charge is 2.50. The first-order valence-electron chi connectivity index (χ1n) is 15.4. The Kier molecular flexibility index (Phi) is 8.52. The van der Waals surface area contributed by atoms with Crippen molar-refractivity contribution in [2.45, 2.75) is 90.4 Å². The number of carbonyl (C=O) groups excluding carboxylic acids is 3. The molecule has 1 N–H and O–H groups in total. The van der Waals surface area contributed by atoms with Crippen molar-refractivity contribution in [3.05, 3.63) is 70.0 Å². The van der Waals surface area contributed by atoms with Gasteiger partial charge in [-0.15, -0.1) is 6.58 Å². The Balaban J connectivity index is 1.51. The largest absolute Gasteiger partial charge is 0.457 e. The second kappa shape index (κ2) is 11.9. The van der Waals surface area contributed by atoms with Gasteiger partial charge in [-0.2, -0.15) is 0 Å². The van der Waals surface area contributed by atoms with Gasteiger partial charge in [-0.05, 0) is 67.9 Å². The van der Waals surface area contributed by atoms with E-state index in [1.807, 2.05) is 24.3 Å². The summed E-state index contributed by atoms with van der Waals surface area (Å²) in [6, 6.07) is 10.7. The lowest BCUT2D eigenvalue weighted by Gasteiger charge is -2.35. The monoisotopic (exact) mass is 631 g/mol. The Morgan fingerprint density at radius 1 is 1.20 bits per heavy atom. The minimum atomic E-state index is -2.05. The molecule has 45 heavy (non-hydrogen) atoms. The molecule has 0 aliphatic carbocycles. The fourth-order valence-electron chi connectivity index (χ4n) is 6.40. The molecule has 0 radical (unpaired) electrons. The average molecular weight is 632 g/mol. The summed E-state index contributed by atoms with van der Waals surface area (Å²) in [5.74, 6) is -1.36. The number of hydrogen-bond donors (Lipinski definition) is 1. The van der Waals surface area contributed by atoms with E-state index in [9.17, 15) is 19.2 Å². The van der Waals surface area contributed by atoms with Crippen LogP contribution in [0.25, 0.3) is 22.3 Å². The Hall–Kier alpha value is -4.25. The molecular formula is C34H41N3O7Si. The normalized spacial score (nSPS) is 17.2. The molecule has 4 heterocycles. The van der Waals surface area contributed by atoms with E-state index in [-0.39, 0.29) is 38.0 Å². The van der Waals surface area contributed by atoms with Crippen LogP contribution in [-0.2, 0) is 42.6 Å². The number of benzene rings is 1. The number of fused-ring (bicyclic) bond motifs is 5. The van der Waals surface area contributed by atoms with Gasteiger partial charge in [0.1, 0.15) is 12.2 Å². The Labute approximate surface area is 263 Å². The van der Waals surface area contributed by atoms with E-state index in [1.54, 1.807) is 38.3 Å². The zero-order valence-corrected chi connectivity index (χ0v) is 27.9. The van der Waals surface area contributed by atoms with Gasteiger partial charge in [0.05, 0.1) is 37.1 Å². The van der Waals surface area contributed by atoms with Crippen LogP contribution in [0.4, 0.5) is 4.79 Å². The van der Waals surface area contributed by atoms with Crippen molar-refractivity contribution in [1.29, 1.82) is 0 Å². The fourth-order valence-corrected chi connectivity index (χ4v) is 9.28. The van der Waals surface area contributed by atoms with Gasteiger partial charge in [0, 0.05) is 18.5 Å². The Morgan fingerprint density at radius 2 is 1.93 bits per heavy atom. The number of nitrogens with one attached hydrogen (secondary N) is 1. The van der Waals surface area contributed by atoms with Gasteiger partial charge in [-0.3, -0.25) is 9.59 Å². The minimum absolute atomic E-state index is 0.0627. The van der Waals surface area contributed by atoms with Crippen molar-refractivity contribution >= 4 is 42.2 Å². The zero-order valence-electron chi connectivity index (χ0n) is 26.9. The number of pyridine rings is 2. The molecule has 2 aliphatic heterocycles. The third-order valence-electron chi connectivity index (χ3n) is 8.41. The first kappa shape index (κ1) is 32.1. The molecule has 0 spiro atoms. The Morgan fingerprint density at radius 3 is 2.62 bits per heavy atom. The molecule has 0 saturated heterocycles. The molecule has 1 amide bonds. The summed E-state index contributed by atoms with van der Waals surface area (Å²) in [5.41, 5.74) is 1.06. The SMILES string of the molecule is C=CC[Si](C)(C)c1c2c(nc3ccccc13)-c1cc3c(c(=O)n1C2)COC(=O)[C@@]3(CC)OC(=O)CCCNC(=O)OC(C)(C)C. The summed E-state index contributed by atoms with van der Waals surface area (Å²) in [5, 5.41) is 4.93. The number of nitrogens with zero attached hydrogens (tertiary/aromatic N) is 2. The number of carbonyl (C=O) groups is 3. The number of rotatable bonds is 9. The van der Waals surface area contributed by atoms with E-state index < -0.39 is 37.3 Å². The molecule has 0 fully saturated rings. The average Bonchev–Trinajstić information content (AvgIpc) is 3.32. The van der Waals surface area contributed by atoms with Gasteiger partial charge in [-0.25, -0.2) is 14.6 Å². The van der Waals surface area contributed by atoms with Crippen LogP contribution in [0.5, 0.6) is 0 Å². The summed E-state index contributed by atoms with van der Waals surface area (Å²) in [6.07, 6.45) is 1.66. The van der Waals surface area contributed by atoms with Gasteiger partial charge < -0.3 is 24.1 Å². The molecule has 1 aromatic carbocycles. The highest BCUT2D eigenvalue weighted by molar-refractivity contribution is 6.92. The van der Waals surface area contributed by atoms with Crippen LogP contribution in [-0.4, -0.2) is 47.8 Å². The van der Waals surface area contributed by atoms with Crippen LogP contribution in [0.2, 0.25) is 19.1 Å². The van der Waals surface area contributed by atoms with Crippen molar-refractivity contribution in [1.82, 2.24) is 14.9 Å². The summed E-state index contributed by atoms with van der Waals surface area (Å²) in [6.45, 7) is 15.9. The summed E-state index contributed by atoms with van der Waals surface area (Å²) in [4.78, 5) is 57.5. The summed E-state index contributed by atoms with van der Waals surface area (Å²) >= 11 is 0. The number of allylic oxidation sites excluding steroid dienone is 1. The number of amides is 1. The van der Waals surface area contributed by atoms with Crippen molar-refractivity contribution in [2.75, 3.05) is 6.54 Å². The second-order valence-electron chi connectivity index (χ2n) is 13.3. The zero-order chi connectivity index (χ0) is 32.7. The van der Waals surface area contributed by atoms with E-state index in [1.165, 1.54) is 5.19 Å². The molecule has 10 nitrogen and oxygen atoms in total. The minimum Gasteiger partial charge on any atom is -0.457 e. The molecule has 0 bridgehead atoms. The smallest absolute Gasteiger partial charge is 0.407 e. The number of aromatic nitrogens is 2. The van der Waals surface area contributed by atoms with Gasteiger partial charge >= 0.3 is 18.0 Å². The summed E-state index contributed by atoms with van der Waals surface area (Å²) < 4.78 is 18.3. The molecule has 238 valence electrons. The number of alkyl carbamates (subject to hydrolysis) is 1. The third-order valence-corrected chi connectivity index (χ3v) is 11.6. The van der Waals surface area contributed by atoms with Crippen molar-refractivity contribution in [3.8, 4) is 11.4 Å². The van der Waals surface area contributed by atoms with E-state index in [2.05, 4.69) is 31.1 Å². The van der Waals surface area contributed by atoms with Crippen LogP contribution >= 0.6 is 0 Å². The topological polar surface area (TPSA) is 126 Å². The first-order chi connectivity index (χ1) is 21.2. The maximum Gasteiger partial charge on any atom is 0.407 e. The molecule has 0 saturated carbocycles. The first-order valence-corrected chi connectivity index (χ1v) is 18.6. The molecule has 2 aromatic heterocycles. The van der Waals surface area contributed by atoms with Crippen LogP contribution < -0.4 is 16.1 Å².